The van der Waals surface area contributed by atoms with Crippen molar-refractivity contribution in [3.63, 3.8) is 0 Å². The Bertz CT molecular complexity index is 367. The summed E-state index contributed by atoms with van der Waals surface area (Å²) in [5.74, 6) is 0.349. The fourth-order valence-corrected chi connectivity index (χ4v) is 2.72. The van der Waals surface area contributed by atoms with Crippen molar-refractivity contribution in [3.05, 3.63) is 29.6 Å². The molecule has 3 nitrogen and oxygen atoms in total. The molecule has 0 saturated carbocycles. The molecule has 0 aromatic carbocycles. The molecule has 1 heterocycles. The van der Waals surface area contributed by atoms with Gasteiger partial charge in [0.25, 0.3) is 0 Å². The Morgan fingerprint density at radius 1 is 1.59 bits per heavy atom. The molecule has 0 bridgehead atoms. The zero-order valence-corrected chi connectivity index (χ0v) is 10.7. The normalized spacial score (nSPS) is 22.9. The highest BCUT2D eigenvalue weighted by atomic mass is 16.5. The van der Waals surface area contributed by atoms with Crippen molar-refractivity contribution >= 4 is 0 Å². The third kappa shape index (κ3) is 2.67. The Hall–Kier alpha value is -0.930. The molecular weight excluding hydrogens is 212 g/mol. The van der Waals surface area contributed by atoms with Gasteiger partial charge in [0, 0.05) is 30.5 Å². The van der Waals surface area contributed by atoms with Crippen LogP contribution in [-0.2, 0) is 11.2 Å². The first-order chi connectivity index (χ1) is 8.24. The number of nitrogens with two attached hydrogens (primary N) is 1. The molecule has 1 aromatic rings. The number of rotatable bonds is 4. The summed E-state index contributed by atoms with van der Waals surface area (Å²) in [7, 11) is 0. The summed E-state index contributed by atoms with van der Waals surface area (Å²) >= 11 is 0. The molecule has 2 N–H and O–H groups in total. The fraction of sp³-hybridized carbons (Fsp3) is 0.643. The predicted molar refractivity (Wildman–Crippen MR) is 69.0 cm³/mol. The van der Waals surface area contributed by atoms with Crippen LogP contribution in [0.4, 0.5) is 0 Å². The van der Waals surface area contributed by atoms with Gasteiger partial charge in [-0.3, -0.25) is 4.98 Å². The van der Waals surface area contributed by atoms with Crippen molar-refractivity contribution in [2.75, 3.05) is 6.61 Å². The summed E-state index contributed by atoms with van der Waals surface area (Å²) in [6, 6.07) is 4.23. The van der Waals surface area contributed by atoms with E-state index in [9.17, 15) is 0 Å². The van der Waals surface area contributed by atoms with Gasteiger partial charge in [0.2, 0.25) is 0 Å². The predicted octanol–water partition coefficient (Wildman–Crippen LogP) is 2.25. The van der Waals surface area contributed by atoms with Crippen LogP contribution in [0.25, 0.3) is 0 Å². The lowest BCUT2D eigenvalue weighted by Gasteiger charge is -2.32. The van der Waals surface area contributed by atoms with Gasteiger partial charge in [-0.25, -0.2) is 0 Å². The van der Waals surface area contributed by atoms with Crippen LogP contribution in [0.5, 0.6) is 0 Å². The number of aryl methyl sites for hydroxylation is 1. The molecule has 1 aliphatic carbocycles. The van der Waals surface area contributed by atoms with Gasteiger partial charge in [-0.15, -0.1) is 0 Å². The Morgan fingerprint density at radius 2 is 2.41 bits per heavy atom. The molecule has 0 amide bonds. The van der Waals surface area contributed by atoms with Crippen molar-refractivity contribution in [1.82, 2.24) is 4.98 Å². The van der Waals surface area contributed by atoms with E-state index in [2.05, 4.69) is 18.0 Å². The van der Waals surface area contributed by atoms with Crippen molar-refractivity contribution in [3.8, 4) is 0 Å². The first-order valence-electron chi connectivity index (χ1n) is 6.55. The van der Waals surface area contributed by atoms with E-state index in [0.717, 1.165) is 19.4 Å². The Morgan fingerprint density at radius 3 is 3.18 bits per heavy atom. The molecule has 2 rings (SSSR count). The van der Waals surface area contributed by atoms with E-state index in [-0.39, 0.29) is 12.1 Å². The minimum Gasteiger partial charge on any atom is -0.377 e. The highest BCUT2D eigenvalue weighted by molar-refractivity contribution is 5.27. The second-order valence-corrected chi connectivity index (χ2v) is 4.78. The highest BCUT2D eigenvalue weighted by Gasteiger charge is 2.30. The zero-order chi connectivity index (χ0) is 12.3. The summed E-state index contributed by atoms with van der Waals surface area (Å²) < 4.78 is 5.62. The minimum absolute atomic E-state index is 0.0453. The Labute approximate surface area is 103 Å². The van der Waals surface area contributed by atoms with Gasteiger partial charge in [-0.1, -0.05) is 6.07 Å². The average molecular weight is 234 g/mol. The van der Waals surface area contributed by atoms with Crippen LogP contribution < -0.4 is 5.73 Å². The van der Waals surface area contributed by atoms with Crippen molar-refractivity contribution < 1.29 is 4.74 Å². The van der Waals surface area contributed by atoms with E-state index in [1.807, 2.05) is 19.2 Å². The number of ether oxygens (including phenoxy) is 1. The number of aromatic nitrogens is 1. The number of hydrogen-bond acceptors (Lipinski definition) is 3. The molecule has 0 saturated heterocycles. The number of hydrogen-bond donors (Lipinski definition) is 1. The van der Waals surface area contributed by atoms with Gasteiger partial charge in [-0.2, -0.15) is 0 Å². The summed E-state index contributed by atoms with van der Waals surface area (Å²) in [4.78, 5) is 4.53. The smallest absolute Gasteiger partial charge is 0.0704 e. The van der Waals surface area contributed by atoms with Crippen molar-refractivity contribution in [2.45, 2.75) is 51.2 Å². The first-order valence-corrected chi connectivity index (χ1v) is 6.55. The van der Waals surface area contributed by atoms with Gasteiger partial charge in [0.15, 0.2) is 0 Å². The topological polar surface area (TPSA) is 48.1 Å². The standard InChI is InChI=1S/C14H22N2O/c1-3-17-10(2)13(15)12-8-4-6-11-7-5-9-16-14(11)12/h5,7,9-10,12-13H,3-4,6,8,15H2,1-2H3. The molecule has 3 unspecified atom stereocenters. The van der Waals surface area contributed by atoms with Crippen LogP contribution >= 0.6 is 0 Å². The summed E-state index contributed by atoms with van der Waals surface area (Å²) in [5, 5.41) is 0. The molecule has 3 atom stereocenters. The maximum atomic E-state index is 6.33. The van der Waals surface area contributed by atoms with Gasteiger partial charge in [0.05, 0.1) is 6.10 Å². The van der Waals surface area contributed by atoms with E-state index >= 15 is 0 Å². The Kier molecular flexibility index (Phi) is 4.13. The third-order valence-electron chi connectivity index (χ3n) is 3.67. The minimum atomic E-state index is 0.0453. The van der Waals surface area contributed by atoms with Crippen LogP contribution in [0.3, 0.4) is 0 Å². The van der Waals surface area contributed by atoms with Crippen molar-refractivity contribution in [1.29, 1.82) is 0 Å². The van der Waals surface area contributed by atoms with E-state index in [1.165, 1.54) is 17.7 Å². The summed E-state index contributed by atoms with van der Waals surface area (Å²) in [6.07, 6.45) is 5.43. The van der Waals surface area contributed by atoms with E-state index in [1.54, 1.807) is 0 Å². The molecule has 0 radical (unpaired) electrons. The lowest BCUT2D eigenvalue weighted by atomic mass is 9.81. The quantitative estimate of drug-likeness (QED) is 0.869. The van der Waals surface area contributed by atoms with Gasteiger partial charge >= 0.3 is 0 Å². The van der Waals surface area contributed by atoms with Crippen LogP contribution in [0.1, 0.15) is 43.9 Å². The van der Waals surface area contributed by atoms with E-state index < -0.39 is 0 Å². The Balaban J connectivity index is 2.17. The monoisotopic (exact) mass is 234 g/mol. The first kappa shape index (κ1) is 12.5. The maximum absolute atomic E-state index is 6.33. The lowest BCUT2D eigenvalue weighted by Crippen LogP contribution is -2.41. The van der Waals surface area contributed by atoms with Crippen LogP contribution in [0.15, 0.2) is 18.3 Å². The maximum Gasteiger partial charge on any atom is 0.0704 e. The molecule has 0 fully saturated rings. The summed E-state index contributed by atoms with van der Waals surface area (Å²) in [6.45, 7) is 4.79. The van der Waals surface area contributed by atoms with E-state index in [4.69, 9.17) is 10.5 Å². The second kappa shape index (κ2) is 5.61. The zero-order valence-electron chi connectivity index (χ0n) is 10.7. The summed E-state index contributed by atoms with van der Waals surface area (Å²) in [5.41, 5.74) is 8.88. The number of pyridine rings is 1. The van der Waals surface area contributed by atoms with Crippen LogP contribution in [0, 0.1) is 0 Å². The van der Waals surface area contributed by atoms with Gasteiger partial charge < -0.3 is 10.5 Å². The molecule has 1 aliphatic rings. The third-order valence-corrected chi connectivity index (χ3v) is 3.67. The highest BCUT2D eigenvalue weighted by Crippen LogP contribution is 2.33. The number of fused-ring (bicyclic) bond motifs is 1. The van der Waals surface area contributed by atoms with Gasteiger partial charge in [-0.05, 0) is 44.7 Å². The molecule has 94 valence electrons. The molecular formula is C14H22N2O. The molecule has 0 spiro atoms. The molecule has 3 heteroatoms. The second-order valence-electron chi connectivity index (χ2n) is 4.78. The van der Waals surface area contributed by atoms with Crippen LogP contribution in [-0.4, -0.2) is 23.7 Å². The molecule has 0 aliphatic heterocycles. The number of nitrogens with zero attached hydrogens (tertiary/aromatic N) is 1. The fourth-order valence-electron chi connectivity index (χ4n) is 2.72. The SMILES string of the molecule is CCOC(C)C(N)C1CCCc2cccnc21. The lowest BCUT2D eigenvalue weighted by molar-refractivity contribution is 0.0487. The van der Waals surface area contributed by atoms with Gasteiger partial charge in [0.1, 0.15) is 0 Å². The van der Waals surface area contributed by atoms with E-state index in [0.29, 0.717) is 5.92 Å². The van der Waals surface area contributed by atoms with Crippen molar-refractivity contribution in [2.24, 2.45) is 5.73 Å². The van der Waals surface area contributed by atoms with Crippen LogP contribution in [0.2, 0.25) is 0 Å². The largest absolute Gasteiger partial charge is 0.377 e. The molecule has 17 heavy (non-hydrogen) atoms. The molecule has 1 aromatic heterocycles. The average Bonchev–Trinajstić information content (AvgIpc) is 2.37.